The van der Waals surface area contributed by atoms with Crippen molar-refractivity contribution in [1.82, 2.24) is 4.57 Å². The molecule has 0 N–H and O–H groups in total. The Labute approximate surface area is 308 Å². The largest absolute Gasteiger partial charge is 0.361 e. The average Bonchev–Trinajstić information content (AvgIpc) is 3.86. The molecular formula is C48H50N2S. The Morgan fingerprint density at radius 3 is 2.55 bits per heavy atom. The fourth-order valence-corrected chi connectivity index (χ4v) is 13.4. The van der Waals surface area contributed by atoms with Gasteiger partial charge in [0, 0.05) is 51.1 Å². The number of nitrogens with zero attached hydrogens (tertiary/aromatic N) is 2. The number of allylic oxidation sites excluding steroid dienone is 7. The van der Waals surface area contributed by atoms with Gasteiger partial charge in [0.1, 0.15) is 0 Å². The smallest absolute Gasteiger partial charge is 0.0514 e. The number of hydrogen-bond acceptors (Lipinski definition) is 2. The Morgan fingerprint density at radius 2 is 1.63 bits per heavy atom. The molecule has 2 aromatic carbocycles. The normalized spacial score (nSPS) is 31.3. The van der Waals surface area contributed by atoms with Crippen molar-refractivity contribution in [3.8, 4) is 0 Å². The molecule has 51 heavy (non-hydrogen) atoms. The summed E-state index contributed by atoms with van der Waals surface area (Å²) >= 11 is 2.21. The van der Waals surface area contributed by atoms with Crippen LogP contribution in [0.1, 0.15) is 134 Å². The van der Waals surface area contributed by atoms with Crippen LogP contribution in [-0.2, 0) is 12.8 Å². The van der Waals surface area contributed by atoms with Crippen LogP contribution in [0.15, 0.2) is 107 Å². The number of rotatable bonds is 4. The number of benzene rings is 2. The fraction of sp³-hybridized carbons (Fsp3) is 0.417. The molecule has 5 unspecified atom stereocenters. The van der Waals surface area contributed by atoms with Crippen LogP contribution in [0.3, 0.4) is 0 Å². The second kappa shape index (κ2) is 12.5. The highest BCUT2D eigenvalue weighted by Gasteiger charge is 2.43. The van der Waals surface area contributed by atoms with E-state index in [-0.39, 0.29) is 0 Å². The van der Waals surface area contributed by atoms with Gasteiger partial charge in [-0.25, -0.2) is 0 Å². The fourth-order valence-electron chi connectivity index (χ4n) is 11.7. The van der Waals surface area contributed by atoms with Crippen molar-refractivity contribution in [3.63, 3.8) is 0 Å². The first-order valence-corrected chi connectivity index (χ1v) is 21.2. The summed E-state index contributed by atoms with van der Waals surface area (Å²) in [6, 6.07) is 18.3. The van der Waals surface area contributed by atoms with Crippen molar-refractivity contribution in [1.29, 1.82) is 0 Å². The Balaban J connectivity index is 0.866. The van der Waals surface area contributed by atoms with Crippen LogP contribution in [0, 0.1) is 0 Å². The Kier molecular flexibility index (Phi) is 7.55. The molecule has 0 spiro atoms. The average molecular weight is 687 g/mol. The molecule has 11 rings (SSSR count). The third-order valence-corrected chi connectivity index (χ3v) is 15.6. The second-order valence-electron chi connectivity index (χ2n) is 16.6. The number of aromatic nitrogens is 1. The van der Waals surface area contributed by atoms with Crippen molar-refractivity contribution >= 4 is 29.6 Å². The minimum atomic E-state index is 0.473. The molecule has 8 aliphatic rings. The van der Waals surface area contributed by atoms with Crippen molar-refractivity contribution in [2.45, 2.75) is 129 Å². The predicted molar refractivity (Wildman–Crippen MR) is 215 cm³/mol. The molecular weight excluding hydrogens is 637 g/mol. The van der Waals surface area contributed by atoms with Gasteiger partial charge in [-0.2, -0.15) is 0 Å². The third kappa shape index (κ3) is 4.97. The van der Waals surface area contributed by atoms with Gasteiger partial charge in [0.05, 0.1) is 6.04 Å². The molecule has 2 nitrogen and oxygen atoms in total. The second-order valence-corrected chi connectivity index (χ2v) is 17.8. The maximum atomic E-state index is 2.87. The van der Waals surface area contributed by atoms with Crippen molar-refractivity contribution < 1.29 is 0 Å². The summed E-state index contributed by atoms with van der Waals surface area (Å²) in [6.07, 6.45) is 40.5. The lowest BCUT2D eigenvalue weighted by molar-refractivity contribution is 0.315. The molecule has 0 radical (unpaired) electrons. The monoisotopic (exact) mass is 686 g/mol. The van der Waals surface area contributed by atoms with E-state index in [4.69, 9.17) is 0 Å². The molecule has 258 valence electrons. The van der Waals surface area contributed by atoms with Gasteiger partial charge >= 0.3 is 0 Å². The minimum Gasteiger partial charge on any atom is -0.361 e. The van der Waals surface area contributed by atoms with E-state index in [0.29, 0.717) is 35.9 Å². The number of para-hydroxylation sites is 1. The van der Waals surface area contributed by atoms with Crippen LogP contribution < -0.4 is 4.90 Å². The minimum absolute atomic E-state index is 0.473. The zero-order chi connectivity index (χ0) is 33.5. The van der Waals surface area contributed by atoms with Gasteiger partial charge in [0.2, 0.25) is 0 Å². The third-order valence-electron chi connectivity index (χ3n) is 14.1. The molecule has 1 aromatic heterocycles. The number of anilines is 1. The van der Waals surface area contributed by atoms with Gasteiger partial charge in [0.15, 0.2) is 0 Å². The standard InChI is InChI=1S/C48H50N2S/c1-2-11-34(12-3-1)49-43-18-7-4-13-37(43)41-29-32(23-27-45(41)49)33-24-28-46-42(30-33)38-14-5-8-19-44(38)50(46)35-25-21-31(22-26-35)36-16-10-17-40-39-15-6-9-20-47(39)51-48(36)40/h1-4,6-8,10-11,13,15-19,23,30-31,34-35,39,41,45,47H,5,9,12,14,20-22,24-29H2. The molecule has 1 saturated carbocycles. The van der Waals surface area contributed by atoms with Crippen molar-refractivity contribution in [3.05, 3.63) is 141 Å². The zero-order valence-electron chi connectivity index (χ0n) is 29.9. The van der Waals surface area contributed by atoms with E-state index in [1.54, 1.807) is 55.2 Å². The molecule has 1 fully saturated rings. The molecule has 6 aliphatic carbocycles. The summed E-state index contributed by atoms with van der Waals surface area (Å²) in [6.45, 7) is 0. The van der Waals surface area contributed by atoms with Crippen LogP contribution in [0.25, 0.3) is 12.2 Å². The van der Waals surface area contributed by atoms with E-state index < -0.39 is 0 Å². The summed E-state index contributed by atoms with van der Waals surface area (Å²) in [5.74, 6) is 1.94. The molecule has 2 aliphatic heterocycles. The SMILES string of the molecule is C1=CCC(N2c3ccccc3C3CC(C4=Cc5c6c(n(C7CCC(c8cccc9c8SC8CCC=CC98)CC7)c5CC4)C=CCC6)=CCC32)C=C1. The van der Waals surface area contributed by atoms with E-state index in [0.717, 1.165) is 18.1 Å². The predicted octanol–water partition coefficient (Wildman–Crippen LogP) is 12.2. The first-order valence-electron chi connectivity index (χ1n) is 20.3. The van der Waals surface area contributed by atoms with Crippen LogP contribution in [0.4, 0.5) is 5.69 Å². The van der Waals surface area contributed by atoms with Gasteiger partial charge in [-0.15, -0.1) is 11.8 Å². The first kappa shape index (κ1) is 30.9. The Hall–Kier alpha value is -3.69. The van der Waals surface area contributed by atoms with E-state index in [2.05, 4.69) is 124 Å². The summed E-state index contributed by atoms with van der Waals surface area (Å²) in [4.78, 5) is 4.42. The molecule has 3 aromatic rings. The van der Waals surface area contributed by atoms with E-state index in [1.807, 2.05) is 0 Å². The van der Waals surface area contributed by atoms with Gasteiger partial charge in [-0.3, -0.25) is 0 Å². The van der Waals surface area contributed by atoms with E-state index >= 15 is 0 Å². The van der Waals surface area contributed by atoms with Gasteiger partial charge in [-0.05, 0) is 147 Å². The highest BCUT2D eigenvalue weighted by molar-refractivity contribution is 8.00. The van der Waals surface area contributed by atoms with Gasteiger partial charge in [-0.1, -0.05) is 85.0 Å². The number of fused-ring (bicyclic) bond motifs is 9. The van der Waals surface area contributed by atoms with Gasteiger partial charge in [0.25, 0.3) is 0 Å². The first-order chi connectivity index (χ1) is 25.3. The summed E-state index contributed by atoms with van der Waals surface area (Å²) in [7, 11) is 0. The van der Waals surface area contributed by atoms with Crippen molar-refractivity contribution in [2.75, 3.05) is 4.90 Å². The molecule has 3 heteroatoms. The lowest BCUT2D eigenvalue weighted by atomic mass is 9.77. The lowest BCUT2D eigenvalue weighted by Gasteiger charge is -2.38. The maximum absolute atomic E-state index is 2.87. The quantitative estimate of drug-likeness (QED) is 0.252. The number of thioether (sulfide) groups is 1. The lowest BCUT2D eigenvalue weighted by Crippen LogP contribution is -2.42. The van der Waals surface area contributed by atoms with Crippen LogP contribution >= 0.6 is 11.8 Å². The zero-order valence-corrected chi connectivity index (χ0v) is 30.7. The van der Waals surface area contributed by atoms with Crippen LogP contribution in [0.2, 0.25) is 0 Å². The highest BCUT2D eigenvalue weighted by atomic mass is 32.2. The summed E-state index contributed by atoms with van der Waals surface area (Å²) < 4.78 is 2.87. The Morgan fingerprint density at radius 1 is 0.725 bits per heavy atom. The van der Waals surface area contributed by atoms with Crippen LogP contribution in [0.5, 0.6) is 0 Å². The topological polar surface area (TPSA) is 8.17 Å². The molecule has 0 bridgehead atoms. The Bertz CT molecular complexity index is 2070. The van der Waals surface area contributed by atoms with Crippen molar-refractivity contribution in [2.24, 2.45) is 0 Å². The molecule has 5 atom stereocenters. The molecule has 3 heterocycles. The van der Waals surface area contributed by atoms with E-state index in [9.17, 15) is 0 Å². The highest BCUT2D eigenvalue weighted by Crippen LogP contribution is 2.55. The van der Waals surface area contributed by atoms with E-state index in [1.165, 1.54) is 76.3 Å². The molecule has 0 amide bonds. The summed E-state index contributed by atoms with van der Waals surface area (Å²) in [5, 5.41) is 0.760. The van der Waals surface area contributed by atoms with Crippen LogP contribution in [-0.4, -0.2) is 21.9 Å². The number of hydrogen-bond donors (Lipinski definition) is 0. The molecule has 0 saturated heterocycles. The maximum Gasteiger partial charge on any atom is 0.0514 e. The summed E-state index contributed by atoms with van der Waals surface area (Å²) in [5.41, 5.74) is 16.0. The van der Waals surface area contributed by atoms with Gasteiger partial charge < -0.3 is 9.47 Å².